The monoisotopic (exact) mass is 535 g/mol. The predicted molar refractivity (Wildman–Crippen MR) is 137 cm³/mol. The van der Waals surface area contributed by atoms with Crippen molar-refractivity contribution in [2.24, 2.45) is 0 Å². The van der Waals surface area contributed by atoms with Crippen LogP contribution in [-0.4, -0.2) is 71.4 Å². The van der Waals surface area contributed by atoms with Gasteiger partial charge in [0, 0.05) is 30.4 Å². The highest BCUT2D eigenvalue weighted by atomic mass is 19.4. The molecule has 0 bridgehead atoms. The van der Waals surface area contributed by atoms with Crippen LogP contribution in [0.3, 0.4) is 0 Å². The summed E-state index contributed by atoms with van der Waals surface area (Å²) in [5.74, 6) is -4.10. The molecule has 38 heavy (non-hydrogen) atoms. The van der Waals surface area contributed by atoms with E-state index in [9.17, 15) is 27.9 Å². The van der Waals surface area contributed by atoms with Gasteiger partial charge in [-0.15, -0.1) is 0 Å². The lowest BCUT2D eigenvalue weighted by Crippen LogP contribution is -2.46. The van der Waals surface area contributed by atoms with Crippen molar-refractivity contribution in [1.29, 1.82) is 0 Å². The van der Waals surface area contributed by atoms with Gasteiger partial charge < -0.3 is 25.3 Å². The standard InChI is InChI=1S/C25H31N3O3.C2HF3O2/c1-18-5-7-19(8-6-18)24(29)26-23-10-9-21(17-22(23)25(30)31)28-15-11-20(12-16-28)27-13-3-2-4-14-27;3-2(4,5)1(6)7/h5-10,17,20H,2-4,11-16H2,1H3,(H,26,29)(H,30,31);(H,6,7). The zero-order valence-electron chi connectivity index (χ0n) is 21.1. The van der Waals surface area contributed by atoms with E-state index in [1.54, 1.807) is 24.3 Å². The SMILES string of the molecule is Cc1ccc(C(=O)Nc2ccc(N3CCC(N4CCCCC4)CC3)cc2C(=O)O)cc1.O=C(O)C(F)(F)F. The second-order valence-electron chi connectivity index (χ2n) is 9.47. The second-order valence-corrected chi connectivity index (χ2v) is 9.47. The second kappa shape index (κ2) is 12.8. The molecule has 0 aromatic heterocycles. The molecule has 2 aromatic rings. The number of nitrogens with one attached hydrogen (secondary N) is 1. The highest BCUT2D eigenvalue weighted by molar-refractivity contribution is 6.08. The van der Waals surface area contributed by atoms with Crippen LogP contribution >= 0.6 is 0 Å². The molecule has 206 valence electrons. The van der Waals surface area contributed by atoms with E-state index in [2.05, 4.69) is 15.1 Å². The average molecular weight is 536 g/mol. The Morgan fingerprint density at radius 1 is 0.895 bits per heavy atom. The van der Waals surface area contributed by atoms with Crippen molar-refractivity contribution in [3.8, 4) is 0 Å². The lowest BCUT2D eigenvalue weighted by molar-refractivity contribution is -0.192. The summed E-state index contributed by atoms with van der Waals surface area (Å²) in [6, 6.07) is 13.2. The number of benzene rings is 2. The van der Waals surface area contributed by atoms with Crippen molar-refractivity contribution in [3.63, 3.8) is 0 Å². The number of aliphatic carboxylic acids is 1. The zero-order valence-corrected chi connectivity index (χ0v) is 21.1. The first-order valence-corrected chi connectivity index (χ1v) is 12.5. The van der Waals surface area contributed by atoms with Gasteiger partial charge in [-0.2, -0.15) is 13.2 Å². The van der Waals surface area contributed by atoms with Crippen LogP contribution in [-0.2, 0) is 4.79 Å². The molecule has 8 nitrogen and oxygen atoms in total. The number of aromatic carboxylic acids is 1. The summed E-state index contributed by atoms with van der Waals surface area (Å²) in [7, 11) is 0. The third-order valence-corrected chi connectivity index (χ3v) is 6.77. The van der Waals surface area contributed by atoms with Crippen LogP contribution < -0.4 is 10.2 Å². The summed E-state index contributed by atoms with van der Waals surface area (Å²) >= 11 is 0. The molecule has 2 aliphatic rings. The summed E-state index contributed by atoms with van der Waals surface area (Å²) in [5.41, 5.74) is 2.92. The molecule has 0 unspecified atom stereocenters. The molecule has 1 amide bonds. The summed E-state index contributed by atoms with van der Waals surface area (Å²) in [4.78, 5) is 38.2. The van der Waals surface area contributed by atoms with Crippen LogP contribution in [0.2, 0.25) is 0 Å². The molecule has 0 saturated carbocycles. The Balaban J connectivity index is 0.000000505. The number of carbonyl (C=O) groups excluding carboxylic acids is 1. The van der Waals surface area contributed by atoms with Crippen molar-refractivity contribution in [2.45, 2.75) is 51.2 Å². The van der Waals surface area contributed by atoms with Crippen molar-refractivity contribution in [2.75, 3.05) is 36.4 Å². The van der Waals surface area contributed by atoms with E-state index in [-0.39, 0.29) is 11.5 Å². The van der Waals surface area contributed by atoms with Gasteiger partial charge in [-0.3, -0.25) is 4.79 Å². The molecular weight excluding hydrogens is 503 g/mol. The molecule has 2 heterocycles. The number of anilines is 2. The fourth-order valence-corrected chi connectivity index (χ4v) is 4.69. The maximum absolute atomic E-state index is 12.6. The smallest absolute Gasteiger partial charge is 0.478 e. The van der Waals surface area contributed by atoms with Gasteiger partial charge in [0.2, 0.25) is 0 Å². The number of carboxylic acid groups (broad SMARTS) is 2. The predicted octanol–water partition coefficient (Wildman–Crippen LogP) is 5.03. The van der Waals surface area contributed by atoms with E-state index in [0.717, 1.165) is 37.2 Å². The Hall–Kier alpha value is -3.60. The van der Waals surface area contributed by atoms with E-state index in [0.29, 0.717) is 17.3 Å². The summed E-state index contributed by atoms with van der Waals surface area (Å²) in [5, 5.41) is 19.6. The van der Waals surface area contributed by atoms with Crippen LogP contribution in [0.1, 0.15) is 58.4 Å². The van der Waals surface area contributed by atoms with Gasteiger partial charge in [-0.25, -0.2) is 9.59 Å². The Morgan fingerprint density at radius 3 is 2.00 bits per heavy atom. The molecule has 2 saturated heterocycles. The first-order valence-electron chi connectivity index (χ1n) is 12.5. The minimum Gasteiger partial charge on any atom is -0.478 e. The van der Waals surface area contributed by atoms with Crippen molar-refractivity contribution >= 4 is 29.2 Å². The van der Waals surface area contributed by atoms with Crippen molar-refractivity contribution in [3.05, 3.63) is 59.2 Å². The Labute approximate surface area is 219 Å². The topological polar surface area (TPSA) is 110 Å². The number of alkyl halides is 3. The number of hydrogen-bond donors (Lipinski definition) is 3. The molecule has 11 heteroatoms. The number of halogens is 3. The Morgan fingerprint density at radius 2 is 1.47 bits per heavy atom. The number of rotatable bonds is 5. The van der Waals surface area contributed by atoms with Crippen LogP contribution in [0.4, 0.5) is 24.5 Å². The van der Waals surface area contributed by atoms with Gasteiger partial charge in [-0.1, -0.05) is 24.1 Å². The molecule has 2 aliphatic heterocycles. The quantitative estimate of drug-likeness (QED) is 0.492. The maximum atomic E-state index is 12.6. The number of nitrogens with zero attached hydrogens (tertiary/aromatic N) is 2. The van der Waals surface area contributed by atoms with Crippen molar-refractivity contribution < 1.29 is 37.8 Å². The van der Waals surface area contributed by atoms with Gasteiger partial charge in [0.1, 0.15) is 0 Å². The third-order valence-electron chi connectivity index (χ3n) is 6.77. The Kier molecular flexibility index (Phi) is 9.73. The number of piperidine rings is 2. The number of hydrogen-bond acceptors (Lipinski definition) is 5. The molecule has 2 aromatic carbocycles. The van der Waals surface area contributed by atoms with Gasteiger partial charge in [-0.05, 0) is 76.0 Å². The number of aryl methyl sites for hydroxylation is 1. The van der Waals surface area contributed by atoms with Crippen LogP contribution in [0.15, 0.2) is 42.5 Å². The van der Waals surface area contributed by atoms with E-state index in [4.69, 9.17) is 9.90 Å². The largest absolute Gasteiger partial charge is 0.490 e. The van der Waals surface area contributed by atoms with E-state index in [1.807, 2.05) is 25.1 Å². The summed E-state index contributed by atoms with van der Waals surface area (Å²) in [6.07, 6.45) is 1.08. The molecule has 0 radical (unpaired) electrons. The number of amides is 1. The first kappa shape index (κ1) is 29.0. The van der Waals surface area contributed by atoms with Crippen molar-refractivity contribution in [1.82, 2.24) is 4.90 Å². The number of carboxylic acids is 2. The lowest BCUT2D eigenvalue weighted by Gasteiger charge is -2.41. The molecule has 0 aliphatic carbocycles. The van der Waals surface area contributed by atoms with Crippen LogP contribution in [0.5, 0.6) is 0 Å². The van der Waals surface area contributed by atoms with Gasteiger partial charge in [0.25, 0.3) is 5.91 Å². The number of likely N-dealkylation sites (tertiary alicyclic amines) is 1. The molecule has 2 fully saturated rings. The van der Waals surface area contributed by atoms with Gasteiger partial charge in [0.15, 0.2) is 0 Å². The van der Waals surface area contributed by atoms with Gasteiger partial charge >= 0.3 is 18.1 Å². The average Bonchev–Trinajstić information content (AvgIpc) is 2.89. The lowest BCUT2D eigenvalue weighted by atomic mass is 9.99. The first-order chi connectivity index (χ1) is 18.0. The molecule has 0 atom stereocenters. The summed E-state index contributed by atoms with van der Waals surface area (Å²) in [6.45, 7) is 6.23. The Bertz CT molecular complexity index is 1120. The van der Waals surface area contributed by atoms with E-state index < -0.39 is 18.1 Å². The normalized spacial score (nSPS) is 16.8. The minimum atomic E-state index is -5.08. The maximum Gasteiger partial charge on any atom is 0.490 e. The van der Waals surface area contributed by atoms with E-state index in [1.165, 1.54) is 32.4 Å². The fraction of sp³-hybridized carbons (Fsp3) is 0.444. The van der Waals surface area contributed by atoms with Gasteiger partial charge in [0.05, 0.1) is 11.3 Å². The van der Waals surface area contributed by atoms with Crippen LogP contribution in [0.25, 0.3) is 0 Å². The zero-order chi connectivity index (χ0) is 27.9. The summed E-state index contributed by atoms with van der Waals surface area (Å²) < 4.78 is 31.7. The fourth-order valence-electron chi connectivity index (χ4n) is 4.69. The minimum absolute atomic E-state index is 0.121. The van der Waals surface area contributed by atoms with Crippen LogP contribution in [0, 0.1) is 6.92 Å². The highest BCUT2D eigenvalue weighted by Gasteiger charge is 2.38. The molecule has 4 rings (SSSR count). The molecular formula is C27H32F3N3O5. The number of carbonyl (C=O) groups is 3. The van der Waals surface area contributed by atoms with E-state index >= 15 is 0 Å². The molecule has 3 N–H and O–H groups in total. The molecule has 0 spiro atoms. The third kappa shape index (κ3) is 7.95. The highest BCUT2D eigenvalue weighted by Crippen LogP contribution is 2.28.